The maximum atomic E-state index is 12.2. The fourth-order valence-electron chi connectivity index (χ4n) is 3.01. The zero-order chi connectivity index (χ0) is 15.9. The van der Waals surface area contributed by atoms with Crippen molar-refractivity contribution in [1.82, 2.24) is 9.78 Å². The molecule has 0 saturated heterocycles. The zero-order valence-electron chi connectivity index (χ0n) is 13.7. The normalized spacial score (nSPS) is 18.0. The molecule has 1 atom stereocenters. The quantitative estimate of drug-likeness (QED) is 0.919. The van der Waals surface area contributed by atoms with Crippen molar-refractivity contribution in [3.63, 3.8) is 0 Å². The summed E-state index contributed by atoms with van der Waals surface area (Å²) in [6.45, 7) is 8.42. The van der Waals surface area contributed by atoms with Crippen LogP contribution in [0.1, 0.15) is 56.7 Å². The van der Waals surface area contributed by atoms with Gasteiger partial charge in [-0.05, 0) is 38.3 Å². The highest BCUT2D eigenvalue weighted by molar-refractivity contribution is 5.94. The van der Waals surface area contributed by atoms with Crippen molar-refractivity contribution in [3.05, 3.63) is 47.2 Å². The molecule has 2 heterocycles. The molecule has 4 nitrogen and oxygen atoms in total. The summed E-state index contributed by atoms with van der Waals surface area (Å²) in [5, 5.41) is 7.51. The van der Waals surface area contributed by atoms with Gasteiger partial charge >= 0.3 is 0 Å². The minimum atomic E-state index is -0.158. The van der Waals surface area contributed by atoms with Crippen LogP contribution in [0.2, 0.25) is 0 Å². The van der Waals surface area contributed by atoms with Crippen LogP contribution in [0.5, 0.6) is 0 Å². The smallest absolute Gasteiger partial charge is 0.226 e. The Bertz CT molecular complexity index is 692. The summed E-state index contributed by atoms with van der Waals surface area (Å²) in [7, 11) is 0. The van der Waals surface area contributed by atoms with Crippen molar-refractivity contribution in [2.24, 2.45) is 0 Å². The van der Waals surface area contributed by atoms with Crippen LogP contribution >= 0.6 is 0 Å². The summed E-state index contributed by atoms with van der Waals surface area (Å²) in [5.74, 6) is 0.988. The fourth-order valence-corrected chi connectivity index (χ4v) is 3.01. The van der Waals surface area contributed by atoms with Crippen molar-refractivity contribution in [1.29, 1.82) is 0 Å². The third kappa shape index (κ3) is 2.54. The largest absolute Gasteiger partial charge is 0.311 e. The van der Waals surface area contributed by atoms with E-state index in [1.165, 1.54) is 11.1 Å². The van der Waals surface area contributed by atoms with Gasteiger partial charge in [-0.2, -0.15) is 5.10 Å². The molecule has 0 radical (unpaired) electrons. The molecule has 0 fully saturated rings. The van der Waals surface area contributed by atoms with E-state index in [4.69, 9.17) is 0 Å². The van der Waals surface area contributed by atoms with Crippen molar-refractivity contribution >= 4 is 11.7 Å². The van der Waals surface area contributed by atoms with Gasteiger partial charge in [0.15, 0.2) is 0 Å². The second-order valence-corrected chi connectivity index (χ2v) is 6.93. The van der Waals surface area contributed by atoms with E-state index in [9.17, 15) is 4.79 Å². The van der Waals surface area contributed by atoms with Gasteiger partial charge in [0.2, 0.25) is 5.91 Å². The molecular formula is C18H23N3O. The monoisotopic (exact) mass is 297 g/mol. The van der Waals surface area contributed by atoms with Crippen molar-refractivity contribution in [2.75, 3.05) is 5.32 Å². The van der Waals surface area contributed by atoms with Gasteiger partial charge in [0, 0.05) is 17.9 Å². The summed E-state index contributed by atoms with van der Waals surface area (Å²) >= 11 is 0. The number of fused-ring (bicyclic) bond motifs is 1. The summed E-state index contributed by atoms with van der Waals surface area (Å²) in [5.41, 5.74) is 3.45. The average molecular weight is 297 g/mol. The first kappa shape index (κ1) is 14.8. The lowest BCUT2D eigenvalue weighted by Crippen LogP contribution is -2.30. The lowest BCUT2D eigenvalue weighted by Gasteiger charge is -2.28. The molecule has 1 aliphatic rings. The Kier molecular flexibility index (Phi) is 3.55. The molecule has 3 rings (SSSR count). The second kappa shape index (κ2) is 5.27. The van der Waals surface area contributed by atoms with E-state index in [2.05, 4.69) is 62.4 Å². The van der Waals surface area contributed by atoms with Crippen LogP contribution in [0.3, 0.4) is 0 Å². The van der Waals surface area contributed by atoms with E-state index in [1.807, 2.05) is 10.9 Å². The van der Waals surface area contributed by atoms with Crippen molar-refractivity contribution in [3.8, 4) is 0 Å². The molecule has 0 spiro atoms. The van der Waals surface area contributed by atoms with E-state index >= 15 is 0 Å². The number of benzene rings is 1. The maximum Gasteiger partial charge on any atom is 0.226 e. The number of nitrogens with one attached hydrogen (secondary N) is 1. The predicted octanol–water partition coefficient (Wildman–Crippen LogP) is 3.67. The first-order valence-electron chi connectivity index (χ1n) is 7.87. The lowest BCUT2D eigenvalue weighted by molar-refractivity contribution is -0.116. The highest BCUT2D eigenvalue weighted by Crippen LogP contribution is 2.38. The SMILES string of the molecule is CCc1ccc(C2CC(=O)Nc3c2cnn3C(C)(C)C)cc1. The third-order valence-electron chi connectivity index (χ3n) is 4.25. The molecule has 0 saturated carbocycles. The highest BCUT2D eigenvalue weighted by atomic mass is 16.1. The second-order valence-electron chi connectivity index (χ2n) is 6.93. The molecule has 1 N–H and O–H groups in total. The predicted molar refractivity (Wildman–Crippen MR) is 88.1 cm³/mol. The number of amides is 1. The molecule has 1 aliphatic heterocycles. The number of carbonyl (C=O) groups excluding carboxylic acids is 1. The van der Waals surface area contributed by atoms with Crippen LogP contribution in [-0.2, 0) is 16.8 Å². The van der Waals surface area contributed by atoms with E-state index in [-0.39, 0.29) is 17.4 Å². The summed E-state index contributed by atoms with van der Waals surface area (Å²) in [6, 6.07) is 8.58. The number of aromatic nitrogens is 2. The van der Waals surface area contributed by atoms with E-state index in [0.29, 0.717) is 6.42 Å². The molecule has 2 aromatic rings. The topological polar surface area (TPSA) is 46.9 Å². The Morgan fingerprint density at radius 1 is 1.27 bits per heavy atom. The lowest BCUT2D eigenvalue weighted by atomic mass is 9.87. The number of hydrogen-bond donors (Lipinski definition) is 1. The summed E-state index contributed by atoms with van der Waals surface area (Å²) in [4.78, 5) is 12.2. The minimum absolute atomic E-state index is 0.0584. The molecule has 1 aromatic carbocycles. The number of rotatable bonds is 2. The molecule has 116 valence electrons. The Labute approximate surface area is 131 Å². The molecule has 1 amide bonds. The Balaban J connectivity index is 2.04. The molecule has 4 heteroatoms. The van der Waals surface area contributed by atoms with E-state index < -0.39 is 0 Å². The Hall–Kier alpha value is -2.10. The number of hydrogen-bond acceptors (Lipinski definition) is 2. The van der Waals surface area contributed by atoms with Gasteiger partial charge in [0.25, 0.3) is 0 Å². The van der Waals surface area contributed by atoms with E-state index in [1.54, 1.807) is 0 Å². The first-order valence-corrected chi connectivity index (χ1v) is 7.87. The van der Waals surface area contributed by atoms with Crippen LogP contribution in [0, 0.1) is 0 Å². The number of anilines is 1. The van der Waals surface area contributed by atoms with Gasteiger partial charge in [0.05, 0.1) is 11.7 Å². The van der Waals surface area contributed by atoms with Crippen LogP contribution in [0.15, 0.2) is 30.5 Å². The number of carbonyl (C=O) groups is 1. The maximum absolute atomic E-state index is 12.2. The first-order chi connectivity index (χ1) is 10.4. The van der Waals surface area contributed by atoms with Gasteiger partial charge < -0.3 is 5.32 Å². The van der Waals surface area contributed by atoms with Crippen LogP contribution in [-0.4, -0.2) is 15.7 Å². The summed E-state index contributed by atoms with van der Waals surface area (Å²) in [6.07, 6.45) is 3.41. The van der Waals surface area contributed by atoms with E-state index in [0.717, 1.165) is 17.8 Å². The molecule has 1 aromatic heterocycles. The average Bonchev–Trinajstić information content (AvgIpc) is 2.90. The van der Waals surface area contributed by atoms with Crippen molar-refractivity contribution < 1.29 is 4.79 Å². The van der Waals surface area contributed by atoms with Gasteiger partial charge in [-0.15, -0.1) is 0 Å². The summed E-state index contributed by atoms with van der Waals surface area (Å²) < 4.78 is 1.91. The molecule has 0 aliphatic carbocycles. The number of aryl methyl sites for hydroxylation is 1. The Morgan fingerprint density at radius 3 is 2.55 bits per heavy atom. The molecule has 0 bridgehead atoms. The van der Waals surface area contributed by atoms with Gasteiger partial charge in [-0.3, -0.25) is 4.79 Å². The Morgan fingerprint density at radius 2 is 1.95 bits per heavy atom. The van der Waals surface area contributed by atoms with Crippen molar-refractivity contribution in [2.45, 2.75) is 52.0 Å². The number of nitrogens with zero attached hydrogens (tertiary/aromatic N) is 2. The molecular weight excluding hydrogens is 274 g/mol. The van der Waals surface area contributed by atoms with Crippen LogP contribution in [0.4, 0.5) is 5.82 Å². The van der Waals surface area contributed by atoms with Gasteiger partial charge in [-0.1, -0.05) is 31.2 Å². The van der Waals surface area contributed by atoms with Gasteiger partial charge in [0.1, 0.15) is 5.82 Å². The minimum Gasteiger partial charge on any atom is -0.311 e. The molecule has 1 unspecified atom stereocenters. The third-order valence-corrected chi connectivity index (χ3v) is 4.25. The van der Waals surface area contributed by atoms with Crippen LogP contribution in [0.25, 0.3) is 0 Å². The fraction of sp³-hybridized carbons (Fsp3) is 0.444. The zero-order valence-corrected chi connectivity index (χ0v) is 13.7. The highest BCUT2D eigenvalue weighted by Gasteiger charge is 2.32. The standard InChI is InChI=1S/C18H23N3O/c1-5-12-6-8-13(9-7-12)14-10-16(22)20-17-15(14)11-19-21(17)18(2,3)4/h6-9,11,14H,5,10H2,1-4H3,(H,20,22). The van der Waals surface area contributed by atoms with Gasteiger partial charge in [-0.25, -0.2) is 4.68 Å². The molecule has 22 heavy (non-hydrogen) atoms. The van der Waals surface area contributed by atoms with Crippen LogP contribution < -0.4 is 5.32 Å².